The van der Waals surface area contributed by atoms with E-state index in [4.69, 9.17) is 14.8 Å². The first-order valence-electron chi connectivity index (χ1n) is 13.5. The molecule has 198 valence electrons. The number of aromatic nitrogens is 8. The molecule has 9 nitrogen and oxygen atoms in total. The first kappa shape index (κ1) is 21.3. The van der Waals surface area contributed by atoms with Crippen molar-refractivity contribution in [2.75, 3.05) is 7.11 Å². The Morgan fingerprint density at radius 3 is 2.38 bits per heavy atom. The minimum atomic E-state index is -4.41. The molecule has 39 heavy (non-hydrogen) atoms. The third-order valence-electron chi connectivity index (χ3n) is 11.4. The first-order valence-corrected chi connectivity index (χ1v) is 13.5. The number of methoxy groups -OCH3 is 1. The predicted molar refractivity (Wildman–Crippen MR) is 128 cm³/mol. The van der Waals surface area contributed by atoms with Crippen molar-refractivity contribution in [1.29, 1.82) is 0 Å². The Balaban J connectivity index is 0.979. The SMILES string of the molecule is COc1ncnc(C2CC2)c1-c1ncc2cnn(CC34C5C6C3C3C4C5C63c3nc(C(F)(F)F)cn3C)c2n1. The van der Waals surface area contributed by atoms with Gasteiger partial charge in [0.2, 0.25) is 5.88 Å². The maximum atomic E-state index is 13.3. The van der Waals surface area contributed by atoms with Gasteiger partial charge in [-0.25, -0.2) is 29.6 Å². The number of aryl methyl sites for hydroxylation is 1. The smallest absolute Gasteiger partial charge is 0.434 e. The molecule has 0 amide bonds. The maximum absolute atomic E-state index is 13.3. The number of hydrogen-bond donors (Lipinski definition) is 0. The summed E-state index contributed by atoms with van der Waals surface area (Å²) in [7, 11) is 3.31. The van der Waals surface area contributed by atoms with Gasteiger partial charge in [-0.2, -0.15) is 18.3 Å². The highest BCUT2D eigenvalue weighted by atomic mass is 19.4. The van der Waals surface area contributed by atoms with E-state index in [9.17, 15) is 13.2 Å². The molecule has 4 aromatic rings. The van der Waals surface area contributed by atoms with Crippen molar-refractivity contribution >= 4 is 11.0 Å². The van der Waals surface area contributed by atoms with Crippen molar-refractivity contribution in [2.24, 2.45) is 48.0 Å². The quantitative estimate of drug-likeness (QED) is 0.374. The number of alkyl halides is 3. The molecule has 7 aliphatic carbocycles. The van der Waals surface area contributed by atoms with Crippen LogP contribution in [0.15, 0.2) is 24.9 Å². The number of halogens is 3. The van der Waals surface area contributed by atoms with Crippen molar-refractivity contribution < 1.29 is 17.9 Å². The fourth-order valence-corrected chi connectivity index (χ4v) is 10.3. The van der Waals surface area contributed by atoms with Crippen LogP contribution in [0.25, 0.3) is 22.4 Å². The molecule has 0 saturated heterocycles. The molecule has 0 radical (unpaired) electrons. The Kier molecular flexibility index (Phi) is 3.33. The Morgan fingerprint density at radius 2 is 1.74 bits per heavy atom. The monoisotopic (exact) mass is 532 g/mol. The zero-order valence-corrected chi connectivity index (χ0v) is 21.1. The molecule has 4 aromatic heterocycles. The summed E-state index contributed by atoms with van der Waals surface area (Å²) in [5.74, 6) is 5.08. The molecular weight excluding hydrogens is 509 g/mol. The molecule has 0 atom stereocenters. The number of fused-ring (bicyclic) bond motifs is 1. The fraction of sp³-hybridized carbons (Fsp3) is 0.556. The summed E-state index contributed by atoms with van der Waals surface area (Å²) in [4.78, 5) is 22.6. The third kappa shape index (κ3) is 2.00. The second-order valence-corrected chi connectivity index (χ2v) is 12.5. The van der Waals surface area contributed by atoms with Gasteiger partial charge in [-0.05, 0) is 48.3 Å². The zero-order chi connectivity index (χ0) is 26.2. The molecule has 0 aliphatic heterocycles. The zero-order valence-electron chi connectivity index (χ0n) is 21.1. The maximum Gasteiger partial charge on any atom is 0.434 e. The highest BCUT2D eigenvalue weighted by Gasteiger charge is 3.10. The number of imidazole rings is 1. The van der Waals surface area contributed by atoms with E-state index in [1.807, 2.05) is 10.9 Å². The molecule has 12 heteroatoms. The number of hydrogen-bond acceptors (Lipinski definition) is 7. The van der Waals surface area contributed by atoms with Gasteiger partial charge in [0, 0.05) is 42.7 Å². The largest absolute Gasteiger partial charge is 0.480 e. The van der Waals surface area contributed by atoms with Gasteiger partial charge in [0.05, 0.1) is 24.4 Å². The molecular formula is C27H23F3N8O. The number of ether oxygens (including phenoxy) is 1. The van der Waals surface area contributed by atoms with Gasteiger partial charge in [-0.15, -0.1) is 0 Å². The molecule has 0 unspecified atom stereocenters. The molecule has 0 aromatic carbocycles. The van der Waals surface area contributed by atoms with E-state index in [1.165, 1.54) is 6.33 Å². The average Bonchev–Trinajstić information content (AvgIpc) is 3.60. The van der Waals surface area contributed by atoms with E-state index >= 15 is 0 Å². The van der Waals surface area contributed by atoms with Crippen LogP contribution in [-0.4, -0.2) is 46.4 Å². The van der Waals surface area contributed by atoms with Crippen LogP contribution in [0.2, 0.25) is 0 Å². The highest BCUT2D eigenvalue weighted by Crippen LogP contribution is 3.10. The summed E-state index contributed by atoms with van der Waals surface area (Å²) in [6.45, 7) is 0.790. The van der Waals surface area contributed by atoms with Crippen molar-refractivity contribution in [1.82, 2.24) is 39.3 Å². The summed E-state index contributed by atoms with van der Waals surface area (Å²) >= 11 is 0. The van der Waals surface area contributed by atoms with Crippen LogP contribution in [0, 0.1) is 40.9 Å². The molecule has 0 N–H and O–H groups in total. The van der Waals surface area contributed by atoms with Gasteiger partial charge in [0.25, 0.3) is 0 Å². The highest BCUT2D eigenvalue weighted by molar-refractivity contribution is 5.77. The Bertz CT molecular complexity index is 1720. The summed E-state index contributed by atoms with van der Waals surface area (Å²) < 4.78 is 49.2. The minimum Gasteiger partial charge on any atom is -0.480 e. The van der Waals surface area contributed by atoms with Gasteiger partial charge >= 0.3 is 6.18 Å². The van der Waals surface area contributed by atoms with Gasteiger partial charge < -0.3 is 9.30 Å². The van der Waals surface area contributed by atoms with Crippen LogP contribution in [0.1, 0.15) is 36.0 Å². The Labute approximate surface area is 219 Å². The normalized spacial score (nSPS) is 37.9. The lowest BCUT2D eigenvalue weighted by Crippen LogP contribution is -3.11. The average molecular weight is 533 g/mol. The Morgan fingerprint density at radius 1 is 1.00 bits per heavy atom. The van der Waals surface area contributed by atoms with Crippen molar-refractivity contribution in [3.63, 3.8) is 0 Å². The van der Waals surface area contributed by atoms with Crippen LogP contribution >= 0.6 is 0 Å². The van der Waals surface area contributed by atoms with E-state index in [-0.39, 0.29) is 10.8 Å². The molecule has 7 saturated carbocycles. The summed E-state index contributed by atoms with van der Waals surface area (Å²) in [6.07, 6.45) is 4.07. The van der Waals surface area contributed by atoms with Crippen LogP contribution in [0.5, 0.6) is 5.88 Å². The van der Waals surface area contributed by atoms with Crippen LogP contribution in [0.3, 0.4) is 0 Å². The number of nitrogens with zero attached hydrogens (tertiary/aromatic N) is 8. The Hall–Kier alpha value is -3.57. The summed E-state index contributed by atoms with van der Waals surface area (Å²) in [5.41, 5.74) is 1.79. The second kappa shape index (κ2) is 6.10. The lowest BCUT2D eigenvalue weighted by Gasteiger charge is -3.11. The van der Waals surface area contributed by atoms with Crippen molar-refractivity contribution in [3.05, 3.63) is 42.1 Å². The number of rotatable bonds is 6. The minimum absolute atomic E-state index is 0.120. The molecule has 0 spiro atoms. The molecule has 7 fully saturated rings. The molecule has 4 heterocycles. The van der Waals surface area contributed by atoms with Crippen LogP contribution in [0.4, 0.5) is 13.2 Å². The topological polar surface area (TPSA) is 96.4 Å². The van der Waals surface area contributed by atoms with E-state index in [0.29, 0.717) is 59.0 Å². The third-order valence-corrected chi connectivity index (χ3v) is 11.4. The van der Waals surface area contributed by atoms with Crippen LogP contribution in [-0.2, 0) is 25.2 Å². The van der Waals surface area contributed by atoms with Gasteiger partial charge in [-0.3, -0.25) is 0 Å². The van der Waals surface area contributed by atoms with E-state index in [0.717, 1.165) is 47.9 Å². The van der Waals surface area contributed by atoms with E-state index < -0.39 is 11.9 Å². The van der Waals surface area contributed by atoms with E-state index in [2.05, 4.69) is 19.9 Å². The summed E-state index contributed by atoms with van der Waals surface area (Å²) in [5, 5.41) is 5.59. The van der Waals surface area contributed by atoms with Gasteiger partial charge in [-0.1, -0.05) is 0 Å². The lowest BCUT2D eigenvalue weighted by molar-refractivity contribution is -0.632. The van der Waals surface area contributed by atoms with Gasteiger partial charge in [0.15, 0.2) is 17.2 Å². The second-order valence-electron chi connectivity index (χ2n) is 12.5. The predicted octanol–water partition coefficient (Wildman–Crippen LogP) is 3.61. The first-order chi connectivity index (χ1) is 18.8. The molecule has 11 rings (SSSR count). The van der Waals surface area contributed by atoms with Crippen LogP contribution < -0.4 is 4.74 Å². The molecule has 0 bridgehead atoms. The lowest BCUT2D eigenvalue weighted by atomic mass is 8.92. The molecule has 7 aliphatic rings. The standard InChI is InChI=1S/C27H23F3N8O/c1-37-7-12(27(28,29)30)35-24(37)26-17-14-18(26)16-19(26)15(17)25(14,16)8-38-22-11(6-34-38)5-31-21(36-22)13-20(10-3-4-10)32-9-33-23(13)39-2/h5-7,9-10,14-19H,3-4,8H2,1-2H3. The summed E-state index contributed by atoms with van der Waals surface area (Å²) in [6, 6.07) is 0. The van der Waals surface area contributed by atoms with Crippen molar-refractivity contribution in [3.8, 4) is 17.3 Å². The van der Waals surface area contributed by atoms with Crippen molar-refractivity contribution in [2.45, 2.75) is 36.9 Å². The van der Waals surface area contributed by atoms with Gasteiger partial charge in [0.1, 0.15) is 17.7 Å². The van der Waals surface area contributed by atoms with E-state index in [1.54, 1.807) is 24.9 Å². The fourth-order valence-electron chi connectivity index (χ4n) is 10.3.